The van der Waals surface area contributed by atoms with Crippen LogP contribution in [-0.2, 0) is 10.2 Å². The van der Waals surface area contributed by atoms with Gasteiger partial charge in [-0.3, -0.25) is 0 Å². The molecule has 1 heterocycles. The lowest BCUT2D eigenvalue weighted by Crippen LogP contribution is -2.47. The first-order valence-electron chi connectivity index (χ1n) is 8.14. The van der Waals surface area contributed by atoms with E-state index in [-0.39, 0.29) is 11.5 Å². The topological polar surface area (TPSA) is 51.1 Å². The largest absolute Gasteiger partial charge is 0.493 e. The van der Waals surface area contributed by atoms with Gasteiger partial charge in [-0.2, -0.15) is 0 Å². The number of carbonyl (C=O) groups excluding carboxylic acids is 1. The van der Waals surface area contributed by atoms with Crippen molar-refractivity contribution in [2.45, 2.75) is 43.2 Å². The highest BCUT2D eigenvalue weighted by Crippen LogP contribution is 2.50. The van der Waals surface area contributed by atoms with E-state index < -0.39 is 0 Å². The maximum absolute atomic E-state index is 10.6. The Bertz CT molecular complexity index is 627. The van der Waals surface area contributed by atoms with Gasteiger partial charge in [0.1, 0.15) is 0 Å². The molecule has 0 radical (unpaired) electrons. The summed E-state index contributed by atoms with van der Waals surface area (Å²) in [4.78, 5) is 17.0. The van der Waals surface area contributed by atoms with Gasteiger partial charge in [0, 0.05) is 11.5 Å². The first-order chi connectivity index (χ1) is 11.1. The van der Waals surface area contributed by atoms with Crippen molar-refractivity contribution in [3.8, 4) is 11.5 Å². The molecule has 1 saturated carbocycles. The number of likely N-dealkylation sites (N-methyl/N-ethyl adjacent to an activating group) is 1. The summed E-state index contributed by atoms with van der Waals surface area (Å²) in [5.74, 6) is 1.54. The molecule has 3 atom stereocenters. The zero-order valence-electron chi connectivity index (χ0n) is 14.0. The monoisotopic (exact) mass is 316 g/mol. The summed E-state index contributed by atoms with van der Waals surface area (Å²) in [6, 6.07) is 6.78. The zero-order chi connectivity index (χ0) is 16.4. The van der Waals surface area contributed by atoms with Crippen molar-refractivity contribution in [2.75, 3.05) is 27.8 Å². The van der Waals surface area contributed by atoms with Crippen LogP contribution in [0.3, 0.4) is 0 Å². The van der Waals surface area contributed by atoms with Gasteiger partial charge in [-0.25, -0.2) is 9.79 Å². The number of hydrogen-bond donors (Lipinski definition) is 0. The second-order valence-electron chi connectivity index (χ2n) is 6.62. The van der Waals surface area contributed by atoms with Gasteiger partial charge in [-0.1, -0.05) is 6.07 Å². The van der Waals surface area contributed by atoms with Crippen LogP contribution < -0.4 is 9.47 Å². The molecule has 0 N–H and O–H groups in total. The smallest absolute Gasteiger partial charge is 0.235 e. The molecule has 124 valence electrons. The quantitative estimate of drug-likeness (QED) is 0.633. The number of aliphatic imine (C=N–C) groups is 1. The minimum Gasteiger partial charge on any atom is -0.493 e. The van der Waals surface area contributed by atoms with E-state index in [1.807, 2.05) is 6.07 Å². The van der Waals surface area contributed by atoms with Gasteiger partial charge >= 0.3 is 0 Å². The molecule has 0 spiro atoms. The first-order valence-corrected chi connectivity index (χ1v) is 8.14. The molecule has 5 nitrogen and oxygen atoms in total. The summed E-state index contributed by atoms with van der Waals surface area (Å²) in [7, 11) is 5.50. The van der Waals surface area contributed by atoms with E-state index in [1.165, 1.54) is 5.56 Å². The van der Waals surface area contributed by atoms with Crippen LogP contribution in [0, 0.1) is 0 Å². The van der Waals surface area contributed by atoms with Crippen LogP contribution in [-0.4, -0.2) is 50.9 Å². The third kappa shape index (κ3) is 2.64. The van der Waals surface area contributed by atoms with Crippen LogP contribution in [0.25, 0.3) is 0 Å². The van der Waals surface area contributed by atoms with Gasteiger partial charge in [-0.05, 0) is 57.0 Å². The number of isocyanates is 1. The molecule has 0 amide bonds. The van der Waals surface area contributed by atoms with Crippen molar-refractivity contribution < 1.29 is 14.3 Å². The van der Waals surface area contributed by atoms with Gasteiger partial charge < -0.3 is 14.4 Å². The first kappa shape index (κ1) is 16.0. The van der Waals surface area contributed by atoms with E-state index in [4.69, 9.17) is 9.47 Å². The third-order valence-corrected chi connectivity index (χ3v) is 5.69. The average Bonchev–Trinajstić information content (AvgIpc) is 2.92. The normalized spacial score (nSPS) is 30.4. The maximum Gasteiger partial charge on any atom is 0.235 e. The molecule has 23 heavy (non-hydrogen) atoms. The fourth-order valence-electron chi connectivity index (χ4n) is 4.44. The number of hydrogen-bond acceptors (Lipinski definition) is 5. The summed E-state index contributed by atoms with van der Waals surface area (Å²) in [5, 5.41) is 0. The average molecular weight is 316 g/mol. The maximum atomic E-state index is 10.6. The van der Waals surface area contributed by atoms with E-state index in [0.717, 1.165) is 43.7 Å². The van der Waals surface area contributed by atoms with E-state index in [0.29, 0.717) is 6.04 Å². The fraction of sp³-hybridized carbons (Fsp3) is 0.611. The Balaban J connectivity index is 1.98. The van der Waals surface area contributed by atoms with E-state index in [2.05, 4.69) is 29.1 Å². The second kappa shape index (κ2) is 6.34. The Kier molecular flexibility index (Phi) is 4.42. The molecule has 5 heteroatoms. The van der Waals surface area contributed by atoms with E-state index >= 15 is 0 Å². The number of benzene rings is 1. The number of likely N-dealkylation sites (tertiary alicyclic amines) is 1. The Morgan fingerprint density at radius 1 is 1.26 bits per heavy atom. The Hall–Kier alpha value is -1.84. The number of ether oxygens (including phenoxy) is 2. The molecular formula is C18H24N2O3. The molecule has 2 aliphatic rings. The lowest BCUT2D eigenvalue weighted by Gasteiger charge is -2.43. The summed E-state index contributed by atoms with van der Waals surface area (Å²) in [5.41, 5.74) is 1.42. The minimum absolute atomic E-state index is 0.103. The van der Waals surface area contributed by atoms with Gasteiger partial charge in [0.15, 0.2) is 11.5 Å². The highest BCUT2D eigenvalue weighted by atomic mass is 16.5. The predicted molar refractivity (Wildman–Crippen MR) is 88.0 cm³/mol. The third-order valence-electron chi connectivity index (χ3n) is 5.69. The standard InChI is InChI=1S/C18H24N2O3/c1-20-9-8-18(7-6-14(19-12-21)11-17(18)20)13-4-5-15(22-2)16(10-13)23-3/h4-5,10,14,17H,6-9,11H2,1-3H3/t14-,17+,18-/m0/s1. The lowest BCUT2D eigenvalue weighted by atomic mass is 9.65. The van der Waals surface area contributed by atoms with E-state index in [9.17, 15) is 4.79 Å². The van der Waals surface area contributed by atoms with Gasteiger partial charge in [0.25, 0.3) is 0 Å². The lowest BCUT2D eigenvalue weighted by molar-refractivity contribution is 0.168. The predicted octanol–water partition coefficient (Wildman–Crippen LogP) is 2.53. The Morgan fingerprint density at radius 2 is 2.04 bits per heavy atom. The number of rotatable bonds is 4. The van der Waals surface area contributed by atoms with Crippen molar-refractivity contribution in [3.05, 3.63) is 23.8 Å². The number of fused-ring (bicyclic) bond motifs is 1. The molecule has 3 rings (SSSR count). The number of nitrogens with zero attached hydrogens (tertiary/aromatic N) is 2. The van der Waals surface area contributed by atoms with Crippen molar-refractivity contribution in [3.63, 3.8) is 0 Å². The summed E-state index contributed by atoms with van der Waals surface area (Å²) in [6.07, 6.45) is 5.75. The van der Waals surface area contributed by atoms with Crippen molar-refractivity contribution in [1.29, 1.82) is 0 Å². The van der Waals surface area contributed by atoms with E-state index in [1.54, 1.807) is 20.3 Å². The van der Waals surface area contributed by atoms with Crippen molar-refractivity contribution in [2.24, 2.45) is 4.99 Å². The molecule has 2 fully saturated rings. The SMILES string of the molecule is COc1ccc([C@@]23CC[C@H](N=C=O)C[C@H]2N(C)CC3)cc1OC. The van der Waals surface area contributed by atoms with Crippen LogP contribution in [0.1, 0.15) is 31.2 Å². The molecule has 0 aromatic heterocycles. The molecular weight excluding hydrogens is 292 g/mol. The Morgan fingerprint density at radius 3 is 2.74 bits per heavy atom. The van der Waals surface area contributed by atoms with Gasteiger partial charge in [0.05, 0.1) is 20.3 Å². The van der Waals surface area contributed by atoms with Crippen molar-refractivity contribution >= 4 is 6.08 Å². The number of methoxy groups -OCH3 is 2. The molecule has 1 aliphatic carbocycles. The van der Waals surface area contributed by atoms with Crippen LogP contribution in [0.5, 0.6) is 11.5 Å². The summed E-state index contributed by atoms with van der Waals surface area (Å²) in [6.45, 7) is 1.07. The second-order valence-corrected chi connectivity index (χ2v) is 6.62. The molecule has 1 saturated heterocycles. The highest BCUT2D eigenvalue weighted by molar-refractivity contribution is 5.46. The molecule has 1 aliphatic heterocycles. The molecule has 1 aromatic carbocycles. The minimum atomic E-state index is 0.103. The van der Waals surface area contributed by atoms with Crippen LogP contribution >= 0.6 is 0 Å². The summed E-state index contributed by atoms with van der Waals surface area (Å²) < 4.78 is 10.9. The van der Waals surface area contributed by atoms with Crippen molar-refractivity contribution in [1.82, 2.24) is 4.90 Å². The van der Waals surface area contributed by atoms with Gasteiger partial charge in [-0.15, -0.1) is 0 Å². The molecule has 1 aromatic rings. The van der Waals surface area contributed by atoms with Crippen LogP contribution in [0.15, 0.2) is 23.2 Å². The molecule has 0 bridgehead atoms. The zero-order valence-corrected chi connectivity index (χ0v) is 14.0. The Labute approximate surface area is 137 Å². The molecule has 0 unspecified atom stereocenters. The van der Waals surface area contributed by atoms with Crippen LogP contribution in [0.4, 0.5) is 0 Å². The highest BCUT2D eigenvalue weighted by Gasteiger charge is 2.50. The van der Waals surface area contributed by atoms with Gasteiger partial charge in [0.2, 0.25) is 6.08 Å². The van der Waals surface area contributed by atoms with Crippen LogP contribution in [0.2, 0.25) is 0 Å². The fourth-order valence-corrected chi connectivity index (χ4v) is 4.44. The summed E-state index contributed by atoms with van der Waals surface area (Å²) >= 11 is 0.